The number of nitrogens with zero attached hydrogens (tertiary/aromatic N) is 1. The Balaban J connectivity index is 1.93. The van der Waals surface area contributed by atoms with Crippen LogP contribution in [0.2, 0.25) is 0 Å². The summed E-state index contributed by atoms with van der Waals surface area (Å²) in [6.45, 7) is 0. The fraction of sp³-hybridized carbons (Fsp3) is 0.263. The van der Waals surface area contributed by atoms with Crippen LogP contribution < -0.4 is 15.4 Å². The van der Waals surface area contributed by atoms with Crippen LogP contribution in [0.5, 0.6) is 5.75 Å². The molecule has 2 amide bonds. The van der Waals surface area contributed by atoms with E-state index < -0.39 is 33.6 Å². The molecule has 0 aliphatic carbocycles. The second-order valence-corrected chi connectivity index (χ2v) is 8.80. The van der Waals surface area contributed by atoms with Gasteiger partial charge in [0, 0.05) is 31.9 Å². The highest BCUT2D eigenvalue weighted by molar-refractivity contribution is 7.89. The highest BCUT2D eigenvalue weighted by Gasteiger charge is 2.31. The third kappa shape index (κ3) is 4.08. The molecule has 0 aromatic heterocycles. The zero-order valence-corrected chi connectivity index (χ0v) is 16.8. The average molecular weight is 421 g/mol. The summed E-state index contributed by atoms with van der Waals surface area (Å²) in [5.74, 6) is -2.15. The zero-order chi connectivity index (χ0) is 21.3. The van der Waals surface area contributed by atoms with Crippen LogP contribution in [0.15, 0.2) is 41.3 Å². The first kappa shape index (κ1) is 20.7. The van der Waals surface area contributed by atoms with E-state index in [1.165, 1.54) is 51.5 Å². The normalized spacial score (nSPS) is 16.2. The fourth-order valence-corrected chi connectivity index (χ4v) is 4.13. The van der Waals surface area contributed by atoms with Gasteiger partial charge < -0.3 is 15.4 Å². The van der Waals surface area contributed by atoms with Crippen LogP contribution >= 0.6 is 0 Å². The second-order valence-electron chi connectivity index (χ2n) is 6.68. The van der Waals surface area contributed by atoms with Crippen molar-refractivity contribution in [2.45, 2.75) is 17.2 Å². The Morgan fingerprint density at radius 3 is 2.62 bits per heavy atom. The number of rotatable bonds is 5. The van der Waals surface area contributed by atoms with E-state index in [0.29, 0.717) is 5.56 Å². The number of sulfonamides is 1. The predicted molar refractivity (Wildman–Crippen MR) is 105 cm³/mol. The first-order valence-electron chi connectivity index (χ1n) is 8.64. The number of halogens is 1. The van der Waals surface area contributed by atoms with Crippen LogP contribution in [-0.2, 0) is 19.6 Å². The van der Waals surface area contributed by atoms with Gasteiger partial charge in [-0.3, -0.25) is 9.59 Å². The molecular formula is C19H20FN3O5S. The SMILES string of the molecule is COc1ccc(NC(=O)[C@@H]2CC(=O)Nc3cc(F)ccc32)cc1S(=O)(=O)N(C)C. The van der Waals surface area contributed by atoms with E-state index in [4.69, 9.17) is 4.74 Å². The number of anilines is 2. The highest BCUT2D eigenvalue weighted by atomic mass is 32.2. The average Bonchev–Trinajstić information content (AvgIpc) is 2.66. The van der Waals surface area contributed by atoms with Crippen molar-refractivity contribution in [2.75, 3.05) is 31.8 Å². The van der Waals surface area contributed by atoms with E-state index >= 15 is 0 Å². The molecule has 0 radical (unpaired) electrons. The van der Waals surface area contributed by atoms with E-state index in [1.54, 1.807) is 0 Å². The standard InChI is InChI=1S/C19H20FN3O5S/c1-23(2)29(26,27)17-9-12(5-7-16(17)28-3)21-19(25)14-10-18(24)22-15-8-11(20)4-6-13(14)15/h4-9,14H,10H2,1-3H3,(H,21,25)(H,22,24)/t14-/m1/s1. The molecule has 0 spiro atoms. The van der Waals surface area contributed by atoms with Crippen LogP contribution in [-0.4, -0.2) is 45.7 Å². The topological polar surface area (TPSA) is 105 Å². The number of hydrogen-bond acceptors (Lipinski definition) is 5. The maximum absolute atomic E-state index is 13.5. The molecule has 0 bridgehead atoms. The van der Waals surface area contributed by atoms with Crippen LogP contribution in [0.4, 0.5) is 15.8 Å². The summed E-state index contributed by atoms with van der Waals surface area (Å²) < 4.78 is 44.7. The van der Waals surface area contributed by atoms with E-state index in [1.807, 2.05) is 0 Å². The Bertz CT molecular complexity index is 1090. The highest BCUT2D eigenvalue weighted by Crippen LogP contribution is 2.34. The fourth-order valence-electron chi connectivity index (χ4n) is 3.05. The van der Waals surface area contributed by atoms with E-state index in [-0.39, 0.29) is 28.4 Å². The van der Waals surface area contributed by atoms with Gasteiger partial charge in [0.25, 0.3) is 0 Å². The van der Waals surface area contributed by atoms with Crippen molar-refractivity contribution in [1.82, 2.24) is 4.31 Å². The first-order valence-corrected chi connectivity index (χ1v) is 10.1. The molecule has 1 heterocycles. The lowest BCUT2D eigenvalue weighted by Crippen LogP contribution is -2.31. The summed E-state index contributed by atoms with van der Waals surface area (Å²) in [7, 11) is 0.304. The first-order chi connectivity index (χ1) is 13.6. The lowest BCUT2D eigenvalue weighted by Gasteiger charge is -2.25. The van der Waals surface area contributed by atoms with E-state index in [2.05, 4.69) is 10.6 Å². The monoisotopic (exact) mass is 421 g/mol. The van der Waals surface area contributed by atoms with Crippen LogP contribution in [0.25, 0.3) is 0 Å². The molecular weight excluding hydrogens is 401 g/mol. The van der Waals surface area contributed by atoms with Gasteiger partial charge in [-0.25, -0.2) is 17.1 Å². The van der Waals surface area contributed by atoms with Gasteiger partial charge >= 0.3 is 0 Å². The van der Waals surface area contributed by atoms with Gasteiger partial charge in [-0.1, -0.05) is 6.07 Å². The lowest BCUT2D eigenvalue weighted by molar-refractivity contribution is -0.123. The summed E-state index contributed by atoms with van der Waals surface area (Å²) in [4.78, 5) is 24.7. The summed E-state index contributed by atoms with van der Waals surface area (Å²) in [6.07, 6.45) is -0.108. The van der Waals surface area contributed by atoms with Crippen LogP contribution in [0, 0.1) is 5.82 Å². The van der Waals surface area contributed by atoms with Crippen LogP contribution in [0.3, 0.4) is 0 Å². The molecule has 0 saturated heterocycles. The molecule has 2 aromatic rings. The molecule has 10 heteroatoms. The minimum absolute atomic E-state index is 0.105. The van der Waals surface area contributed by atoms with Crippen molar-refractivity contribution in [3.05, 3.63) is 47.8 Å². The molecule has 154 valence electrons. The molecule has 0 unspecified atom stereocenters. The molecule has 0 saturated carbocycles. The van der Waals surface area contributed by atoms with Gasteiger partial charge in [0.2, 0.25) is 21.8 Å². The van der Waals surface area contributed by atoms with Crippen molar-refractivity contribution in [1.29, 1.82) is 0 Å². The quantitative estimate of drug-likeness (QED) is 0.770. The second kappa shape index (κ2) is 7.80. The number of carbonyl (C=O) groups is 2. The van der Waals surface area contributed by atoms with Gasteiger partial charge in [-0.15, -0.1) is 0 Å². The predicted octanol–water partition coefficient (Wildman–Crippen LogP) is 2.15. The maximum Gasteiger partial charge on any atom is 0.246 e. The van der Waals surface area contributed by atoms with E-state index in [9.17, 15) is 22.4 Å². The number of methoxy groups -OCH3 is 1. The molecule has 1 aliphatic rings. The molecule has 2 aromatic carbocycles. The number of amides is 2. The third-order valence-corrected chi connectivity index (χ3v) is 6.40. The van der Waals surface area contributed by atoms with E-state index in [0.717, 1.165) is 10.4 Å². The Hall–Kier alpha value is -2.98. The molecule has 8 nitrogen and oxygen atoms in total. The summed E-state index contributed by atoms with van der Waals surface area (Å²) >= 11 is 0. The molecule has 2 N–H and O–H groups in total. The number of carbonyl (C=O) groups excluding carboxylic acids is 2. The minimum atomic E-state index is -3.81. The Kier molecular flexibility index (Phi) is 5.58. The lowest BCUT2D eigenvalue weighted by atomic mass is 9.89. The molecule has 1 atom stereocenters. The van der Waals surface area contributed by atoms with Crippen molar-refractivity contribution >= 4 is 33.2 Å². The molecule has 1 aliphatic heterocycles. The van der Waals surface area contributed by atoms with Gasteiger partial charge in [0.15, 0.2) is 0 Å². The van der Waals surface area contributed by atoms with Gasteiger partial charge in [-0.05, 0) is 35.9 Å². The number of benzene rings is 2. The molecule has 3 rings (SSSR count). The number of nitrogens with one attached hydrogen (secondary N) is 2. The smallest absolute Gasteiger partial charge is 0.246 e. The Morgan fingerprint density at radius 1 is 1.24 bits per heavy atom. The minimum Gasteiger partial charge on any atom is -0.495 e. The molecule has 29 heavy (non-hydrogen) atoms. The van der Waals surface area contributed by atoms with Crippen molar-refractivity contribution in [3.63, 3.8) is 0 Å². The van der Waals surface area contributed by atoms with Crippen molar-refractivity contribution in [3.8, 4) is 5.75 Å². The largest absolute Gasteiger partial charge is 0.495 e. The number of fused-ring (bicyclic) bond motifs is 1. The van der Waals surface area contributed by atoms with Gasteiger partial charge in [0.05, 0.1) is 13.0 Å². The Morgan fingerprint density at radius 2 is 1.97 bits per heavy atom. The summed E-state index contributed by atoms with van der Waals surface area (Å²) in [6, 6.07) is 8.04. The van der Waals surface area contributed by atoms with Crippen LogP contribution in [0.1, 0.15) is 17.9 Å². The van der Waals surface area contributed by atoms with Crippen molar-refractivity contribution in [2.24, 2.45) is 0 Å². The number of ether oxygens (including phenoxy) is 1. The zero-order valence-electron chi connectivity index (χ0n) is 16.0. The summed E-state index contributed by atoms with van der Waals surface area (Å²) in [5, 5.41) is 5.18. The van der Waals surface area contributed by atoms with Gasteiger partial charge in [-0.2, -0.15) is 0 Å². The van der Waals surface area contributed by atoms with Crippen molar-refractivity contribution < 1.29 is 27.1 Å². The molecule has 0 fully saturated rings. The maximum atomic E-state index is 13.5. The summed E-state index contributed by atoms with van der Waals surface area (Å²) in [5.41, 5.74) is 0.955. The number of hydrogen-bond donors (Lipinski definition) is 2. The van der Waals surface area contributed by atoms with Gasteiger partial charge in [0.1, 0.15) is 16.5 Å². The third-order valence-electron chi connectivity index (χ3n) is 4.56. The Labute approximate surface area is 167 Å².